The summed E-state index contributed by atoms with van der Waals surface area (Å²) in [5.74, 6) is 1.38. The average molecular weight is 285 g/mol. The Bertz CT molecular complexity index is 415. The third-order valence-electron chi connectivity index (χ3n) is 3.52. The second-order valence-corrected chi connectivity index (χ2v) is 5.45. The first-order valence-corrected chi connectivity index (χ1v) is 6.58. The van der Waals surface area contributed by atoms with Crippen LogP contribution in [0, 0.1) is 20.8 Å². The van der Waals surface area contributed by atoms with Gasteiger partial charge in [0.2, 0.25) is 0 Å². The van der Waals surface area contributed by atoms with Gasteiger partial charge in [0.05, 0.1) is 0 Å². The number of halogens is 1. The van der Waals surface area contributed by atoms with Crippen LogP contribution in [0.4, 0.5) is 0 Å². The quantitative estimate of drug-likeness (QED) is 0.801. The number of alkyl halides is 1. The molecule has 0 amide bonds. The Labute approximate surface area is 105 Å². The number of hydrogen-bond donors (Lipinski definition) is 1. The van der Waals surface area contributed by atoms with Gasteiger partial charge in [0.1, 0.15) is 17.1 Å². The van der Waals surface area contributed by atoms with Gasteiger partial charge < -0.3 is 9.84 Å². The lowest BCUT2D eigenvalue weighted by atomic mass is 9.93. The minimum absolute atomic E-state index is 0.182. The van der Waals surface area contributed by atoms with Gasteiger partial charge in [-0.05, 0) is 44.4 Å². The van der Waals surface area contributed by atoms with Crippen molar-refractivity contribution in [2.75, 3.05) is 5.33 Å². The number of phenols is 1. The van der Waals surface area contributed by atoms with Gasteiger partial charge in [-0.1, -0.05) is 15.9 Å². The van der Waals surface area contributed by atoms with E-state index in [0.29, 0.717) is 5.75 Å². The fourth-order valence-corrected chi connectivity index (χ4v) is 2.56. The minimum atomic E-state index is -0.182. The summed E-state index contributed by atoms with van der Waals surface area (Å²) in [5, 5.41) is 10.8. The van der Waals surface area contributed by atoms with Crippen LogP contribution in [0.25, 0.3) is 0 Å². The zero-order valence-corrected chi connectivity index (χ0v) is 11.7. The summed E-state index contributed by atoms with van der Waals surface area (Å²) in [5.41, 5.74) is 3.92. The zero-order valence-electron chi connectivity index (χ0n) is 10.1. The standard InChI is InChI=1S/C13H17BrO2/c1-7-8(2)12-10(9(3)11(7)15)5-13(4,6-14)16-12/h15H,5-6H2,1-4H3. The predicted molar refractivity (Wildman–Crippen MR) is 68.8 cm³/mol. The van der Waals surface area contributed by atoms with Crippen LogP contribution in [0.15, 0.2) is 0 Å². The molecule has 0 bridgehead atoms. The molecule has 16 heavy (non-hydrogen) atoms. The van der Waals surface area contributed by atoms with Gasteiger partial charge in [0.15, 0.2) is 0 Å². The molecular formula is C13H17BrO2. The van der Waals surface area contributed by atoms with E-state index in [-0.39, 0.29) is 5.60 Å². The van der Waals surface area contributed by atoms with E-state index in [9.17, 15) is 5.11 Å². The third kappa shape index (κ3) is 1.53. The van der Waals surface area contributed by atoms with Gasteiger partial charge >= 0.3 is 0 Å². The Morgan fingerprint density at radius 2 is 1.88 bits per heavy atom. The van der Waals surface area contributed by atoms with E-state index in [1.807, 2.05) is 20.8 Å². The van der Waals surface area contributed by atoms with Crippen LogP contribution in [0.3, 0.4) is 0 Å². The second-order valence-electron chi connectivity index (χ2n) is 4.89. The Morgan fingerprint density at radius 3 is 2.44 bits per heavy atom. The lowest BCUT2D eigenvalue weighted by Crippen LogP contribution is -2.32. The van der Waals surface area contributed by atoms with Crippen molar-refractivity contribution in [2.24, 2.45) is 0 Å². The smallest absolute Gasteiger partial charge is 0.127 e. The first-order valence-electron chi connectivity index (χ1n) is 5.46. The van der Waals surface area contributed by atoms with Crippen LogP contribution < -0.4 is 4.74 Å². The highest BCUT2D eigenvalue weighted by atomic mass is 79.9. The van der Waals surface area contributed by atoms with E-state index in [1.54, 1.807) is 0 Å². The van der Waals surface area contributed by atoms with E-state index in [1.165, 1.54) is 0 Å². The molecule has 0 fully saturated rings. The normalized spacial score (nSPS) is 23.1. The van der Waals surface area contributed by atoms with Crippen LogP contribution >= 0.6 is 15.9 Å². The summed E-state index contributed by atoms with van der Waals surface area (Å²) in [6.45, 7) is 8.00. The van der Waals surface area contributed by atoms with Crippen LogP contribution in [-0.4, -0.2) is 16.0 Å². The van der Waals surface area contributed by atoms with Crippen molar-refractivity contribution in [1.82, 2.24) is 0 Å². The van der Waals surface area contributed by atoms with Crippen LogP contribution in [0.5, 0.6) is 11.5 Å². The Kier molecular flexibility index (Phi) is 2.69. The number of rotatable bonds is 1. The molecule has 0 radical (unpaired) electrons. The molecule has 3 heteroatoms. The summed E-state index contributed by atoms with van der Waals surface area (Å²) < 4.78 is 6.03. The summed E-state index contributed by atoms with van der Waals surface area (Å²) >= 11 is 3.49. The van der Waals surface area contributed by atoms with Gasteiger partial charge in [0, 0.05) is 17.3 Å². The third-order valence-corrected chi connectivity index (χ3v) is 4.71. The van der Waals surface area contributed by atoms with E-state index in [2.05, 4.69) is 22.9 Å². The van der Waals surface area contributed by atoms with E-state index >= 15 is 0 Å². The highest BCUT2D eigenvalue weighted by molar-refractivity contribution is 9.09. The molecule has 0 spiro atoms. The Hall–Kier alpha value is -0.700. The molecule has 1 N–H and O–H groups in total. The van der Waals surface area contributed by atoms with Gasteiger partial charge in [-0.25, -0.2) is 0 Å². The van der Waals surface area contributed by atoms with Crippen molar-refractivity contribution < 1.29 is 9.84 Å². The highest BCUT2D eigenvalue weighted by Crippen LogP contribution is 2.45. The van der Waals surface area contributed by atoms with Crippen LogP contribution in [-0.2, 0) is 6.42 Å². The lowest BCUT2D eigenvalue weighted by molar-refractivity contribution is 0.144. The number of phenolic OH excluding ortho intramolecular Hbond substituents is 1. The molecule has 0 aliphatic carbocycles. The molecule has 2 rings (SSSR count). The SMILES string of the molecule is Cc1c(C)c2c(c(C)c1O)CC(C)(CBr)O2. The number of ether oxygens (including phenoxy) is 1. The lowest BCUT2D eigenvalue weighted by Gasteiger charge is -2.21. The molecule has 1 aromatic carbocycles. The number of aromatic hydroxyl groups is 1. The molecule has 0 aromatic heterocycles. The predicted octanol–water partition coefficient (Wildman–Crippen LogP) is 3.41. The molecule has 1 aromatic rings. The molecule has 2 nitrogen and oxygen atoms in total. The second kappa shape index (κ2) is 3.66. The Morgan fingerprint density at radius 1 is 1.25 bits per heavy atom. The number of benzene rings is 1. The first-order chi connectivity index (χ1) is 7.39. The molecule has 1 aliphatic heterocycles. The maximum Gasteiger partial charge on any atom is 0.127 e. The van der Waals surface area contributed by atoms with E-state index in [4.69, 9.17) is 4.74 Å². The van der Waals surface area contributed by atoms with Gasteiger partial charge in [-0.3, -0.25) is 0 Å². The van der Waals surface area contributed by atoms with Crippen molar-refractivity contribution in [3.8, 4) is 11.5 Å². The Balaban J connectivity index is 2.62. The fourth-order valence-electron chi connectivity index (χ4n) is 2.25. The fraction of sp³-hybridized carbons (Fsp3) is 0.538. The molecule has 1 aliphatic rings. The largest absolute Gasteiger partial charge is 0.507 e. The highest BCUT2D eigenvalue weighted by Gasteiger charge is 2.37. The van der Waals surface area contributed by atoms with Crippen LogP contribution in [0.2, 0.25) is 0 Å². The van der Waals surface area contributed by atoms with Crippen molar-refractivity contribution in [3.63, 3.8) is 0 Å². The van der Waals surface area contributed by atoms with Gasteiger partial charge in [0.25, 0.3) is 0 Å². The van der Waals surface area contributed by atoms with Crippen molar-refractivity contribution in [1.29, 1.82) is 0 Å². The maximum atomic E-state index is 10.0. The topological polar surface area (TPSA) is 29.5 Å². The van der Waals surface area contributed by atoms with Crippen molar-refractivity contribution in [3.05, 3.63) is 22.3 Å². The van der Waals surface area contributed by atoms with E-state index in [0.717, 1.165) is 39.8 Å². The van der Waals surface area contributed by atoms with E-state index < -0.39 is 0 Å². The minimum Gasteiger partial charge on any atom is -0.507 e. The average Bonchev–Trinajstić information content (AvgIpc) is 2.63. The van der Waals surface area contributed by atoms with Gasteiger partial charge in [-0.2, -0.15) is 0 Å². The summed E-state index contributed by atoms with van der Waals surface area (Å²) in [6, 6.07) is 0. The first kappa shape index (κ1) is 11.8. The number of hydrogen-bond acceptors (Lipinski definition) is 2. The van der Waals surface area contributed by atoms with Crippen molar-refractivity contribution >= 4 is 15.9 Å². The molecule has 0 saturated carbocycles. The van der Waals surface area contributed by atoms with Crippen molar-refractivity contribution in [2.45, 2.75) is 39.7 Å². The zero-order chi connectivity index (χ0) is 12.1. The summed E-state index contributed by atoms with van der Waals surface area (Å²) in [4.78, 5) is 0. The molecule has 1 unspecified atom stereocenters. The molecule has 0 saturated heterocycles. The van der Waals surface area contributed by atoms with Gasteiger partial charge in [-0.15, -0.1) is 0 Å². The maximum absolute atomic E-state index is 10.0. The molecule has 88 valence electrons. The molecule has 1 heterocycles. The molecular weight excluding hydrogens is 268 g/mol. The molecule has 1 atom stereocenters. The number of fused-ring (bicyclic) bond motifs is 1. The monoisotopic (exact) mass is 284 g/mol. The summed E-state index contributed by atoms with van der Waals surface area (Å²) in [7, 11) is 0. The van der Waals surface area contributed by atoms with Crippen LogP contribution in [0.1, 0.15) is 29.2 Å². The summed E-state index contributed by atoms with van der Waals surface area (Å²) in [6.07, 6.45) is 0.855.